The van der Waals surface area contributed by atoms with Crippen LogP contribution in [-0.2, 0) is 4.79 Å². The van der Waals surface area contributed by atoms with Gasteiger partial charge in [-0.05, 0) is 24.3 Å². The minimum Gasteiger partial charge on any atom is -0.334 e. The van der Waals surface area contributed by atoms with E-state index in [1.807, 2.05) is 72.9 Å². The van der Waals surface area contributed by atoms with Crippen molar-refractivity contribution in [3.8, 4) is 0 Å². The van der Waals surface area contributed by atoms with Gasteiger partial charge in [0.25, 0.3) is 5.91 Å². The molecule has 4 rings (SSSR count). The number of rotatable bonds is 4. The third-order valence-corrected chi connectivity index (χ3v) is 4.69. The first kappa shape index (κ1) is 17.7. The Bertz CT molecular complexity index is 1000. The Balaban J connectivity index is 1.69. The SMILES string of the molecule is O=C(N[C@@H]1C(=O)N/[N+](=C\c2ccccc2)[C@@H]1c1ccccc1)c1ccccc1. The number of benzene rings is 3. The molecule has 1 aliphatic rings. The monoisotopic (exact) mass is 370 g/mol. The summed E-state index contributed by atoms with van der Waals surface area (Å²) < 4.78 is 1.77. The van der Waals surface area contributed by atoms with E-state index in [1.165, 1.54) is 0 Å². The minimum atomic E-state index is -0.713. The molecule has 3 aromatic rings. The van der Waals surface area contributed by atoms with E-state index in [2.05, 4.69) is 10.7 Å². The highest BCUT2D eigenvalue weighted by molar-refractivity contribution is 5.98. The molecule has 0 bridgehead atoms. The molecule has 3 aromatic carbocycles. The van der Waals surface area contributed by atoms with Crippen molar-refractivity contribution in [2.24, 2.45) is 0 Å². The average Bonchev–Trinajstić information content (AvgIpc) is 3.04. The first-order chi connectivity index (χ1) is 13.7. The number of hydrazine groups is 1. The first-order valence-corrected chi connectivity index (χ1v) is 9.12. The van der Waals surface area contributed by atoms with Crippen LogP contribution in [0.5, 0.6) is 0 Å². The van der Waals surface area contributed by atoms with Crippen LogP contribution in [-0.4, -0.2) is 28.8 Å². The number of nitrogens with zero attached hydrogens (tertiary/aromatic N) is 1. The van der Waals surface area contributed by atoms with Crippen molar-refractivity contribution >= 4 is 18.0 Å². The molecule has 1 heterocycles. The third-order valence-electron chi connectivity index (χ3n) is 4.69. The Kier molecular flexibility index (Phi) is 4.97. The Labute approximate surface area is 163 Å². The molecular formula is C23H20N3O2+. The van der Waals surface area contributed by atoms with E-state index in [4.69, 9.17) is 0 Å². The summed E-state index contributed by atoms with van der Waals surface area (Å²) in [6, 6.07) is 27.3. The summed E-state index contributed by atoms with van der Waals surface area (Å²) in [7, 11) is 0. The normalized spacial score (nSPS) is 20.0. The van der Waals surface area contributed by atoms with Gasteiger partial charge >= 0.3 is 5.91 Å². The molecule has 0 unspecified atom stereocenters. The van der Waals surface area contributed by atoms with Gasteiger partial charge in [0.15, 0.2) is 6.04 Å². The molecule has 0 saturated carbocycles. The van der Waals surface area contributed by atoms with E-state index in [0.717, 1.165) is 11.1 Å². The number of hydrogen-bond donors (Lipinski definition) is 2. The van der Waals surface area contributed by atoms with E-state index >= 15 is 0 Å². The lowest BCUT2D eigenvalue weighted by molar-refractivity contribution is -0.596. The maximum Gasteiger partial charge on any atom is 0.304 e. The molecule has 138 valence electrons. The lowest BCUT2D eigenvalue weighted by atomic mass is 10.00. The summed E-state index contributed by atoms with van der Waals surface area (Å²) in [6.07, 6.45) is 1.88. The average molecular weight is 370 g/mol. The fourth-order valence-electron chi connectivity index (χ4n) is 3.34. The van der Waals surface area contributed by atoms with Crippen molar-refractivity contribution in [3.63, 3.8) is 0 Å². The van der Waals surface area contributed by atoms with Gasteiger partial charge in [-0.3, -0.25) is 9.59 Å². The van der Waals surface area contributed by atoms with Gasteiger partial charge in [-0.25, -0.2) is 0 Å². The topological polar surface area (TPSA) is 61.2 Å². The molecule has 2 N–H and O–H groups in total. The van der Waals surface area contributed by atoms with Crippen LogP contribution >= 0.6 is 0 Å². The highest BCUT2D eigenvalue weighted by Gasteiger charge is 2.47. The van der Waals surface area contributed by atoms with Crippen LogP contribution in [0.15, 0.2) is 91.0 Å². The van der Waals surface area contributed by atoms with Gasteiger partial charge in [-0.1, -0.05) is 66.7 Å². The van der Waals surface area contributed by atoms with E-state index in [-0.39, 0.29) is 17.9 Å². The lowest BCUT2D eigenvalue weighted by Crippen LogP contribution is -2.42. The van der Waals surface area contributed by atoms with Crippen molar-refractivity contribution in [2.75, 3.05) is 0 Å². The van der Waals surface area contributed by atoms with Crippen molar-refractivity contribution in [1.82, 2.24) is 10.7 Å². The predicted octanol–water partition coefficient (Wildman–Crippen LogP) is 2.70. The summed E-state index contributed by atoms with van der Waals surface area (Å²) in [5.41, 5.74) is 5.30. The molecule has 2 atom stereocenters. The van der Waals surface area contributed by atoms with Crippen molar-refractivity contribution < 1.29 is 14.3 Å². The molecule has 0 aliphatic carbocycles. The zero-order valence-corrected chi connectivity index (χ0v) is 15.2. The summed E-state index contributed by atoms with van der Waals surface area (Å²) in [5.74, 6) is -0.520. The summed E-state index contributed by atoms with van der Waals surface area (Å²) >= 11 is 0. The Morgan fingerprint density at radius 2 is 1.43 bits per heavy atom. The number of carbonyl (C=O) groups excluding carboxylic acids is 2. The first-order valence-electron chi connectivity index (χ1n) is 9.12. The van der Waals surface area contributed by atoms with Crippen LogP contribution in [0.3, 0.4) is 0 Å². The summed E-state index contributed by atoms with van der Waals surface area (Å²) in [4.78, 5) is 25.4. The molecule has 0 spiro atoms. The molecule has 1 aliphatic heterocycles. The van der Waals surface area contributed by atoms with Gasteiger partial charge < -0.3 is 5.32 Å². The Morgan fingerprint density at radius 3 is 2.07 bits per heavy atom. The zero-order valence-electron chi connectivity index (χ0n) is 15.2. The van der Waals surface area contributed by atoms with Crippen LogP contribution in [0.1, 0.15) is 27.5 Å². The van der Waals surface area contributed by atoms with Crippen molar-refractivity contribution in [2.45, 2.75) is 12.1 Å². The van der Waals surface area contributed by atoms with Crippen LogP contribution in [0.25, 0.3) is 0 Å². The van der Waals surface area contributed by atoms with E-state index in [0.29, 0.717) is 5.56 Å². The highest BCUT2D eigenvalue weighted by atomic mass is 16.2. The smallest absolute Gasteiger partial charge is 0.304 e. The lowest BCUT2D eigenvalue weighted by Gasteiger charge is -2.14. The van der Waals surface area contributed by atoms with Gasteiger partial charge in [-0.15, -0.1) is 10.1 Å². The molecule has 28 heavy (non-hydrogen) atoms. The second-order valence-corrected chi connectivity index (χ2v) is 6.60. The van der Waals surface area contributed by atoms with E-state index < -0.39 is 6.04 Å². The summed E-state index contributed by atoms with van der Waals surface area (Å²) in [5, 5.41) is 2.90. The second kappa shape index (κ2) is 7.88. The summed E-state index contributed by atoms with van der Waals surface area (Å²) in [6.45, 7) is 0. The van der Waals surface area contributed by atoms with Crippen molar-refractivity contribution in [3.05, 3.63) is 108 Å². The quantitative estimate of drug-likeness (QED) is 0.694. The fraction of sp³-hybridized carbons (Fsp3) is 0.0870. The molecular weight excluding hydrogens is 350 g/mol. The number of hydrazone groups is 1. The Hall–Kier alpha value is -3.73. The highest BCUT2D eigenvalue weighted by Crippen LogP contribution is 2.25. The molecule has 1 fully saturated rings. The van der Waals surface area contributed by atoms with E-state index in [9.17, 15) is 9.59 Å². The standard InChI is InChI=1S/C23H19N3O2/c27-22(19-14-8-3-9-15-19)24-20-21(18-12-6-2-7-13-18)26(25-23(20)28)16-17-10-4-1-5-11-17/h1-16,20-21H,(H-,24,25,27,28)/p+1/b26-16-/t20-,21+/m0/s1. The minimum absolute atomic E-state index is 0.245. The van der Waals surface area contributed by atoms with Crippen LogP contribution < -0.4 is 10.7 Å². The van der Waals surface area contributed by atoms with Gasteiger partial charge in [0.05, 0.1) is 0 Å². The maximum absolute atomic E-state index is 12.7. The molecule has 1 saturated heterocycles. The Morgan fingerprint density at radius 1 is 0.857 bits per heavy atom. The zero-order chi connectivity index (χ0) is 19.3. The van der Waals surface area contributed by atoms with E-state index in [1.54, 1.807) is 28.9 Å². The van der Waals surface area contributed by atoms with Gasteiger partial charge in [0.1, 0.15) is 0 Å². The van der Waals surface area contributed by atoms with Crippen molar-refractivity contribution in [1.29, 1.82) is 0 Å². The molecule has 0 aromatic heterocycles. The number of carbonyl (C=O) groups is 2. The van der Waals surface area contributed by atoms with Gasteiger partial charge in [0.2, 0.25) is 12.3 Å². The maximum atomic E-state index is 12.7. The number of nitrogens with one attached hydrogen (secondary N) is 2. The van der Waals surface area contributed by atoms with Crippen LogP contribution in [0.2, 0.25) is 0 Å². The largest absolute Gasteiger partial charge is 0.334 e. The molecule has 0 radical (unpaired) electrons. The predicted molar refractivity (Wildman–Crippen MR) is 107 cm³/mol. The molecule has 2 amide bonds. The third kappa shape index (κ3) is 3.69. The second-order valence-electron chi connectivity index (χ2n) is 6.60. The fourth-order valence-corrected chi connectivity index (χ4v) is 3.34. The molecule has 5 heteroatoms. The van der Waals surface area contributed by atoms with Crippen LogP contribution in [0.4, 0.5) is 0 Å². The van der Waals surface area contributed by atoms with Crippen LogP contribution in [0, 0.1) is 0 Å². The van der Waals surface area contributed by atoms with Gasteiger partial charge in [-0.2, -0.15) is 0 Å². The van der Waals surface area contributed by atoms with Gasteiger partial charge in [0, 0.05) is 16.7 Å². The molecule has 5 nitrogen and oxygen atoms in total. The number of hydrogen-bond acceptors (Lipinski definition) is 2. The number of amides is 2.